The first-order chi connectivity index (χ1) is 17.3. The van der Waals surface area contributed by atoms with E-state index in [1.807, 2.05) is 38.1 Å². The lowest BCUT2D eigenvalue weighted by molar-refractivity contribution is -0.132. The molecule has 0 bridgehead atoms. The molecule has 1 N–H and O–H groups in total. The second-order valence-corrected chi connectivity index (χ2v) is 10.2. The number of fused-ring (bicyclic) bond motifs is 2. The van der Waals surface area contributed by atoms with Crippen molar-refractivity contribution in [2.45, 2.75) is 32.4 Å². The fraction of sp³-hybridized carbons (Fsp3) is 0.179. The summed E-state index contributed by atoms with van der Waals surface area (Å²) in [6.07, 6.45) is 0.716. The molecule has 8 heteroatoms. The van der Waals surface area contributed by atoms with Gasteiger partial charge in [0.2, 0.25) is 0 Å². The minimum Gasteiger partial charge on any atom is -0.507 e. The molecule has 180 valence electrons. The van der Waals surface area contributed by atoms with Gasteiger partial charge < -0.3 is 9.84 Å². The maximum absolute atomic E-state index is 13.8. The molecule has 3 heterocycles. The van der Waals surface area contributed by atoms with Crippen LogP contribution in [0.15, 0.2) is 66.2 Å². The van der Waals surface area contributed by atoms with E-state index in [9.17, 15) is 19.1 Å². The molecular weight excluding hydrogens is 479 g/mol. The molecule has 2 atom stereocenters. The summed E-state index contributed by atoms with van der Waals surface area (Å²) in [4.78, 5) is 32.6. The summed E-state index contributed by atoms with van der Waals surface area (Å²) in [5, 5.41) is 11.7. The van der Waals surface area contributed by atoms with Crippen LogP contribution in [-0.2, 0) is 16.0 Å². The van der Waals surface area contributed by atoms with Crippen molar-refractivity contribution in [2.24, 2.45) is 0 Å². The van der Waals surface area contributed by atoms with Crippen LogP contribution < -0.4 is 9.64 Å². The lowest BCUT2D eigenvalue weighted by Crippen LogP contribution is -2.29. The number of ketones is 1. The molecule has 2 aliphatic heterocycles. The molecule has 36 heavy (non-hydrogen) atoms. The van der Waals surface area contributed by atoms with E-state index in [1.165, 1.54) is 23.1 Å². The smallest absolute Gasteiger partial charge is 0.301 e. The van der Waals surface area contributed by atoms with Crippen LogP contribution in [0, 0.1) is 12.7 Å². The van der Waals surface area contributed by atoms with Crippen molar-refractivity contribution in [1.29, 1.82) is 0 Å². The van der Waals surface area contributed by atoms with Crippen LogP contribution >= 0.6 is 11.3 Å². The molecule has 1 saturated heterocycles. The van der Waals surface area contributed by atoms with Crippen molar-refractivity contribution in [2.75, 3.05) is 4.90 Å². The summed E-state index contributed by atoms with van der Waals surface area (Å²) >= 11 is 1.12. The number of Topliss-reactive ketones (excluding diaryl/α,β-unsaturated/α-hetero) is 1. The van der Waals surface area contributed by atoms with Gasteiger partial charge in [-0.25, -0.2) is 9.37 Å². The molecule has 3 aromatic carbocycles. The van der Waals surface area contributed by atoms with E-state index in [4.69, 9.17) is 4.74 Å². The summed E-state index contributed by atoms with van der Waals surface area (Å²) in [6, 6.07) is 16.0. The van der Waals surface area contributed by atoms with Gasteiger partial charge in [0.15, 0.2) is 5.13 Å². The predicted octanol–water partition coefficient (Wildman–Crippen LogP) is 5.69. The van der Waals surface area contributed by atoms with Gasteiger partial charge >= 0.3 is 5.91 Å². The first-order valence-electron chi connectivity index (χ1n) is 11.5. The molecule has 1 aromatic heterocycles. The van der Waals surface area contributed by atoms with Gasteiger partial charge in [0.1, 0.15) is 23.4 Å². The summed E-state index contributed by atoms with van der Waals surface area (Å²) in [6.45, 7) is 3.91. The predicted molar refractivity (Wildman–Crippen MR) is 136 cm³/mol. The largest absolute Gasteiger partial charge is 0.507 e. The zero-order valence-corrected chi connectivity index (χ0v) is 20.3. The van der Waals surface area contributed by atoms with Gasteiger partial charge in [-0.1, -0.05) is 41.2 Å². The van der Waals surface area contributed by atoms with Gasteiger partial charge in [0.05, 0.1) is 21.8 Å². The number of benzene rings is 3. The standard InChI is InChI=1S/C28H21FN2O4S/c1-14-3-5-16(6-4-14)24-23(25(32)17-7-10-21-18(12-17)11-15(2)35-21)26(33)27(34)31(24)28-30-20-9-8-19(29)13-22(20)36-28/h3-10,12-13,15,24,32H,11H2,1-2H3/b25-23+/t15-,24+/m0/s1. The Morgan fingerprint density at radius 2 is 1.89 bits per heavy atom. The number of carbonyl (C=O) groups excluding carboxylic acids is 2. The Balaban J connectivity index is 1.53. The van der Waals surface area contributed by atoms with Gasteiger partial charge in [-0.3, -0.25) is 14.5 Å². The van der Waals surface area contributed by atoms with Crippen molar-refractivity contribution in [3.05, 3.63) is 94.3 Å². The zero-order valence-electron chi connectivity index (χ0n) is 19.5. The molecule has 0 spiro atoms. The number of aromatic nitrogens is 1. The number of nitrogens with zero attached hydrogens (tertiary/aromatic N) is 2. The van der Waals surface area contributed by atoms with Gasteiger partial charge in [0.25, 0.3) is 5.78 Å². The van der Waals surface area contributed by atoms with Crippen LogP contribution in [0.1, 0.15) is 35.2 Å². The Kier molecular flexibility index (Phi) is 5.15. The van der Waals surface area contributed by atoms with Crippen molar-refractivity contribution in [3.8, 4) is 5.75 Å². The lowest BCUT2D eigenvalue weighted by Gasteiger charge is -2.23. The summed E-state index contributed by atoms with van der Waals surface area (Å²) in [5.74, 6) is -1.51. The van der Waals surface area contributed by atoms with E-state index in [0.717, 1.165) is 28.2 Å². The van der Waals surface area contributed by atoms with E-state index in [2.05, 4.69) is 4.98 Å². The van der Waals surface area contributed by atoms with Crippen molar-refractivity contribution < 1.29 is 23.8 Å². The number of thiazole rings is 1. The third-order valence-electron chi connectivity index (χ3n) is 6.55. The number of aliphatic hydroxyl groups is 1. The molecule has 2 aliphatic rings. The normalized spacial score (nSPS) is 20.7. The third kappa shape index (κ3) is 3.56. The van der Waals surface area contributed by atoms with E-state index in [-0.39, 0.29) is 22.6 Å². The number of hydrogen-bond acceptors (Lipinski definition) is 6. The highest BCUT2D eigenvalue weighted by atomic mass is 32.1. The monoisotopic (exact) mass is 500 g/mol. The van der Waals surface area contributed by atoms with Crippen LogP contribution in [0.3, 0.4) is 0 Å². The summed E-state index contributed by atoms with van der Waals surface area (Å²) < 4.78 is 20.1. The number of hydrogen-bond donors (Lipinski definition) is 1. The number of anilines is 1. The Bertz CT molecular complexity index is 1590. The Morgan fingerprint density at radius 3 is 2.67 bits per heavy atom. The fourth-order valence-electron chi connectivity index (χ4n) is 4.81. The third-order valence-corrected chi connectivity index (χ3v) is 7.57. The van der Waals surface area contributed by atoms with Crippen LogP contribution in [0.2, 0.25) is 0 Å². The number of ether oxygens (including phenoxy) is 1. The first-order valence-corrected chi connectivity index (χ1v) is 12.4. The number of aliphatic hydroxyl groups excluding tert-OH is 1. The van der Waals surface area contributed by atoms with E-state index >= 15 is 0 Å². The van der Waals surface area contributed by atoms with E-state index < -0.39 is 23.5 Å². The first kappa shape index (κ1) is 22.4. The second kappa shape index (κ2) is 8.27. The van der Waals surface area contributed by atoms with Gasteiger partial charge in [-0.15, -0.1) is 0 Å². The van der Waals surface area contributed by atoms with Crippen LogP contribution in [-0.4, -0.2) is 27.9 Å². The SMILES string of the molecule is Cc1ccc([C@@H]2/C(=C(\O)c3ccc4c(c3)C[C@H](C)O4)C(=O)C(=O)N2c2nc3ccc(F)cc3s2)cc1. The quantitative estimate of drug-likeness (QED) is 0.222. The lowest BCUT2D eigenvalue weighted by atomic mass is 9.94. The highest BCUT2D eigenvalue weighted by Crippen LogP contribution is 2.45. The highest BCUT2D eigenvalue weighted by molar-refractivity contribution is 7.22. The number of aryl methyl sites for hydroxylation is 1. The Labute approximate surface area is 210 Å². The molecule has 0 radical (unpaired) electrons. The molecule has 1 fully saturated rings. The maximum atomic E-state index is 13.8. The Morgan fingerprint density at radius 1 is 1.11 bits per heavy atom. The van der Waals surface area contributed by atoms with Crippen molar-refractivity contribution in [3.63, 3.8) is 0 Å². The van der Waals surface area contributed by atoms with Crippen LogP contribution in [0.5, 0.6) is 5.75 Å². The van der Waals surface area contributed by atoms with Gasteiger partial charge in [-0.05, 0) is 61.4 Å². The van der Waals surface area contributed by atoms with E-state index in [0.29, 0.717) is 27.8 Å². The van der Waals surface area contributed by atoms with Crippen LogP contribution in [0.25, 0.3) is 16.0 Å². The van der Waals surface area contributed by atoms with Crippen molar-refractivity contribution >= 4 is 44.1 Å². The number of carbonyl (C=O) groups is 2. The average Bonchev–Trinajstić information content (AvgIpc) is 3.51. The molecule has 6 nitrogen and oxygen atoms in total. The zero-order chi connectivity index (χ0) is 25.1. The highest BCUT2D eigenvalue weighted by Gasteiger charge is 2.48. The second-order valence-electron chi connectivity index (χ2n) is 9.14. The molecule has 4 aromatic rings. The number of rotatable bonds is 3. The number of amides is 1. The minimum absolute atomic E-state index is 0.0128. The average molecular weight is 501 g/mol. The molecule has 0 unspecified atom stereocenters. The minimum atomic E-state index is -0.889. The molecule has 6 rings (SSSR count). The van der Waals surface area contributed by atoms with Gasteiger partial charge in [0, 0.05) is 12.0 Å². The van der Waals surface area contributed by atoms with Crippen LogP contribution in [0.4, 0.5) is 9.52 Å². The van der Waals surface area contributed by atoms with Crippen molar-refractivity contribution in [1.82, 2.24) is 4.98 Å². The molecule has 1 amide bonds. The Hall–Kier alpha value is -4.04. The fourth-order valence-corrected chi connectivity index (χ4v) is 5.83. The van der Waals surface area contributed by atoms with E-state index in [1.54, 1.807) is 18.2 Å². The summed E-state index contributed by atoms with van der Waals surface area (Å²) in [5.41, 5.74) is 3.55. The topological polar surface area (TPSA) is 79.7 Å². The number of halogens is 1. The van der Waals surface area contributed by atoms with Gasteiger partial charge in [-0.2, -0.15) is 0 Å². The molecule has 0 aliphatic carbocycles. The molecule has 0 saturated carbocycles. The summed E-state index contributed by atoms with van der Waals surface area (Å²) in [7, 11) is 0. The molecular formula is C28H21FN2O4S. The maximum Gasteiger partial charge on any atom is 0.301 e.